The van der Waals surface area contributed by atoms with Gasteiger partial charge in [-0.2, -0.15) is 13.2 Å². The first kappa shape index (κ1) is 20.9. The lowest BCUT2D eigenvalue weighted by atomic mass is 10.2. The van der Waals surface area contributed by atoms with Crippen LogP contribution in [0, 0.1) is 0 Å². The number of rotatable bonds is 1. The molecule has 0 atom stereocenters. The van der Waals surface area contributed by atoms with Gasteiger partial charge in [-0.1, -0.05) is 0 Å². The SMILES string of the molecule is Cl.Cl.Cl.FC(F)(F)c1cncc(N2CCNCC2)c1. The minimum Gasteiger partial charge on any atom is -0.368 e. The quantitative estimate of drug-likeness (QED) is 0.852. The van der Waals surface area contributed by atoms with E-state index in [1.807, 2.05) is 4.90 Å². The van der Waals surface area contributed by atoms with Gasteiger partial charge in [-0.15, -0.1) is 37.2 Å². The van der Waals surface area contributed by atoms with Gasteiger partial charge in [0.1, 0.15) is 0 Å². The predicted molar refractivity (Wildman–Crippen MR) is 76.1 cm³/mol. The van der Waals surface area contributed by atoms with E-state index in [2.05, 4.69) is 10.3 Å². The van der Waals surface area contributed by atoms with Crippen molar-refractivity contribution in [3.63, 3.8) is 0 Å². The number of hydrogen-bond donors (Lipinski definition) is 1. The van der Waals surface area contributed by atoms with Gasteiger partial charge in [0.05, 0.1) is 17.4 Å². The average molecular weight is 341 g/mol. The fourth-order valence-corrected chi connectivity index (χ4v) is 1.68. The first-order valence-corrected chi connectivity index (χ1v) is 5.05. The summed E-state index contributed by atoms with van der Waals surface area (Å²) >= 11 is 0. The molecule has 0 spiro atoms. The number of piperazine rings is 1. The molecule has 0 unspecified atom stereocenters. The molecule has 0 bridgehead atoms. The predicted octanol–water partition coefficient (Wildman–Crippen LogP) is 2.78. The zero-order valence-electron chi connectivity index (χ0n) is 9.81. The molecule has 9 heteroatoms. The van der Waals surface area contributed by atoms with Gasteiger partial charge in [-0.25, -0.2) is 0 Å². The molecule has 19 heavy (non-hydrogen) atoms. The van der Waals surface area contributed by atoms with Gasteiger partial charge in [0.2, 0.25) is 0 Å². The number of halogens is 6. The molecule has 2 rings (SSSR count). The summed E-state index contributed by atoms with van der Waals surface area (Å²) in [5, 5.41) is 3.15. The number of nitrogens with zero attached hydrogens (tertiary/aromatic N) is 2. The summed E-state index contributed by atoms with van der Waals surface area (Å²) in [5.74, 6) is 0. The Balaban J connectivity index is 0. The van der Waals surface area contributed by atoms with E-state index in [0.29, 0.717) is 18.8 Å². The first-order valence-electron chi connectivity index (χ1n) is 5.05. The van der Waals surface area contributed by atoms with Crippen molar-refractivity contribution in [1.29, 1.82) is 0 Å². The second-order valence-corrected chi connectivity index (χ2v) is 3.67. The van der Waals surface area contributed by atoms with E-state index in [0.717, 1.165) is 25.4 Å². The molecule has 1 aliphatic rings. The van der Waals surface area contributed by atoms with E-state index < -0.39 is 11.7 Å². The maximum Gasteiger partial charge on any atom is 0.417 e. The summed E-state index contributed by atoms with van der Waals surface area (Å²) in [6.45, 7) is 3.00. The smallest absolute Gasteiger partial charge is 0.368 e. The summed E-state index contributed by atoms with van der Waals surface area (Å²) in [6.07, 6.45) is -2.00. The molecule has 1 N–H and O–H groups in total. The molecular weight excluding hydrogens is 325 g/mol. The second-order valence-electron chi connectivity index (χ2n) is 3.67. The Morgan fingerprint density at radius 3 is 2.16 bits per heavy atom. The summed E-state index contributed by atoms with van der Waals surface area (Å²) < 4.78 is 37.4. The summed E-state index contributed by atoms with van der Waals surface area (Å²) in [7, 11) is 0. The van der Waals surface area contributed by atoms with E-state index in [1.165, 1.54) is 6.20 Å². The van der Waals surface area contributed by atoms with Gasteiger partial charge in [0.15, 0.2) is 0 Å². The summed E-state index contributed by atoms with van der Waals surface area (Å²) in [4.78, 5) is 5.55. The summed E-state index contributed by atoms with van der Waals surface area (Å²) in [5.41, 5.74) is -0.153. The van der Waals surface area contributed by atoms with Crippen molar-refractivity contribution in [3.05, 3.63) is 24.0 Å². The van der Waals surface area contributed by atoms with Crippen molar-refractivity contribution in [3.8, 4) is 0 Å². The van der Waals surface area contributed by atoms with Crippen molar-refractivity contribution in [2.45, 2.75) is 6.18 Å². The van der Waals surface area contributed by atoms with E-state index in [1.54, 1.807) is 0 Å². The van der Waals surface area contributed by atoms with Gasteiger partial charge in [0, 0.05) is 32.4 Å². The number of nitrogens with one attached hydrogen (secondary N) is 1. The Kier molecular flexibility index (Phi) is 9.54. The van der Waals surface area contributed by atoms with Crippen LogP contribution in [-0.4, -0.2) is 31.2 Å². The van der Waals surface area contributed by atoms with E-state index >= 15 is 0 Å². The Bertz CT molecular complexity index is 371. The fraction of sp³-hybridized carbons (Fsp3) is 0.500. The molecule has 1 aromatic rings. The minimum absolute atomic E-state index is 0. The molecule has 0 saturated carbocycles. The van der Waals surface area contributed by atoms with Crippen LogP contribution in [0.5, 0.6) is 0 Å². The Labute approximate surface area is 128 Å². The van der Waals surface area contributed by atoms with Crippen LogP contribution in [0.25, 0.3) is 0 Å². The lowest BCUT2D eigenvalue weighted by molar-refractivity contribution is -0.137. The lowest BCUT2D eigenvalue weighted by Gasteiger charge is -2.29. The molecule has 3 nitrogen and oxygen atoms in total. The third-order valence-corrected chi connectivity index (χ3v) is 2.53. The van der Waals surface area contributed by atoms with E-state index in [4.69, 9.17) is 0 Å². The summed E-state index contributed by atoms with van der Waals surface area (Å²) in [6, 6.07) is 1.15. The van der Waals surface area contributed by atoms with Crippen LogP contribution < -0.4 is 10.2 Å². The van der Waals surface area contributed by atoms with Crippen molar-refractivity contribution in [2.75, 3.05) is 31.1 Å². The molecule has 0 aromatic carbocycles. The molecule has 0 amide bonds. The van der Waals surface area contributed by atoms with Crippen LogP contribution >= 0.6 is 37.2 Å². The van der Waals surface area contributed by atoms with Crippen molar-refractivity contribution >= 4 is 42.9 Å². The van der Waals surface area contributed by atoms with Crippen LogP contribution in [0.15, 0.2) is 18.5 Å². The molecule has 1 saturated heterocycles. The Morgan fingerprint density at radius 1 is 1.05 bits per heavy atom. The molecule has 112 valence electrons. The molecule has 0 aliphatic carbocycles. The Hall–Kier alpha value is -0.430. The van der Waals surface area contributed by atoms with Crippen LogP contribution in [0.2, 0.25) is 0 Å². The highest BCUT2D eigenvalue weighted by atomic mass is 35.5. The lowest BCUT2D eigenvalue weighted by Crippen LogP contribution is -2.43. The molecule has 1 fully saturated rings. The molecule has 1 aliphatic heterocycles. The molecular formula is C10H15Cl3F3N3. The number of pyridine rings is 1. The van der Waals surface area contributed by atoms with Crippen LogP contribution in [-0.2, 0) is 6.18 Å². The average Bonchev–Trinajstić information content (AvgIpc) is 2.29. The van der Waals surface area contributed by atoms with Crippen molar-refractivity contribution in [2.24, 2.45) is 0 Å². The zero-order valence-corrected chi connectivity index (χ0v) is 12.3. The van der Waals surface area contributed by atoms with Crippen LogP contribution in [0.1, 0.15) is 5.56 Å². The van der Waals surface area contributed by atoms with Gasteiger partial charge in [0.25, 0.3) is 0 Å². The van der Waals surface area contributed by atoms with Gasteiger partial charge in [-0.05, 0) is 6.07 Å². The van der Waals surface area contributed by atoms with Gasteiger partial charge >= 0.3 is 6.18 Å². The fourth-order valence-electron chi connectivity index (χ4n) is 1.68. The molecule has 1 aromatic heterocycles. The van der Waals surface area contributed by atoms with Crippen LogP contribution in [0.4, 0.5) is 18.9 Å². The molecule has 2 heterocycles. The third kappa shape index (κ3) is 5.60. The Morgan fingerprint density at radius 2 is 1.63 bits per heavy atom. The number of aromatic nitrogens is 1. The normalized spacial score (nSPS) is 14.8. The van der Waals surface area contributed by atoms with E-state index in [9.17, 15) is 13.2 Å². The standard InChI is InChI=1S/C10H12F3N3.3ClH/c11-10(12,13)8-5-9(7-15-6-8)16-3-1-14-2-4-16;;;/h5-7,14H,1-4H2;3*1H. The topological polar surface area (TPSA) is 28.2 Å². The third-order valence-electron chi connectivity index (χ3n) is 2.53. The second kappa shape index (κ2) is 8.68. The van der Waals surface area contributed by atoms with Crippen molar-refractivity contribution < 1.29 is 13.2 Å². The van der Waals surface area contributed by atoms with Crippen LogP contribution in [0.3, 0.4) is 0 Å². The highest BCUT2D eigenvalue weighted by Gasteiger charge is 2.31. The number of alkyl halides is 3. The largest absolute Gasteiger partial charge is 0.417 e. The number of anilines is 1. The highest BCUT2D eigenvalue weighted by Crippen LogP contribution is 2.30. The zero-order chi connectivity index (χ0) is 11.6. The highest BCUT2D eigenvalue weighted by molar-refractivity contribution is 5.86. The first-order chi connectivity index (χ1) is 7.57. The van der Waals surface area contributed by atoms with Gasteiger partial charge < -0.3 is 10.2 Å². The van der Waals surface area contributed by atoms with E-state index in [-0.39, 0.29) is 37.2 Å². The minimum atomic E-state index is -4.32. The monoisotopic (exact) mass is 339 g/mol. The maximum absolute atomic E-state index is 12.5. The molecule has 0 radical (unpaired) electrons. The van der Waals surface area contributed by atoms with Crippen molar-refractivity contribution in [1.82, 2.24) is 10.3 Å². The van der Waals surface area contributed by atoms with Gasteiger partial charge in [-0.3, -0.25) is 4.98 Å². The maximum atomic E-state index is 12.5. The number of hydrogen-bond acceptors (Lipinski definition) is 3.